The van der Waals surface area contributed by atoms with E-state index in [0.717, 1.165) is 0 Å². The molecule has 1 aromatic heterocycles. The van der Waals surface area contributed by atoms with Gasteiger partial charge in [0.1, 0.15) is 11.0 Å². The number of carbonyl (C=O) groups is 1. The van der Waals surface area contributed by atoms with Gasteiger partial charge in [-0.1, -0.05) is 0 Å². The third kappa shape index (κ3) is 2.42. The first kappa shape index (κ1) is 11.5. The van der Waals surface area contributed by atoms with Crippen LogP contribution in [-0.2, 0) is 0 Å². The Bertz CT molecular complexity index is 547. The first-order valence-electron chi connectivity index (χ1n) is 5.26. The third-order valence-electron chi connectivity index (χ3n) is 2.43. The minimum atomic E-state index is -0.643. The zero-order valence-electron chi connectivity index (χ0n) is 9.69. The van der Waals surface area contributed by atoms with Gasteiger partial charge in [-0.25, -0.2) is 0 Å². The lowest BCUT2D eigenvalue weighted by Crippen LogP contribution is -2.46. The molecule has 0 unspecified atom stereocenters. The van der Waals surface area contributed by atoms with Crippen LogP contribution in [0.25, 0.3) is 11.0 Å². The summed E-state index contributed by atoms with van der Waals surface area (Å²) in [6.45, 7) is 3.38. The van der Waals surface area contributed by atoms with Gasteiger partial charge in [0.2, 0.25) is 0 Å². The summed E-state index contributed by atoms with van der Waals surface area (Å²) in [6, 6.07) is 5.05. The van der Waals surface area contributed by atoms with Crippen molar-refractivity contribution in [2.24, 2.45) is 0 Å². The number of aliphatic hydroxyl groups is 1. The molecule has 6 nitrogen and oxygen atoms in total. The molecular formula is C11H14N4O2. The van der Waals surface area contributed by atoms with Gasteiger partial charge >= 0.3 is 0 Å². The Hall–Kier alpha value is -1.95. The van der Waals surface area contributed by atoms with Crippen molar-refractivity contribution in [2.75, 3.05) is 6.61 Å². The standard InChI is InChI=1S/C11H14N4O2/c1-11(2,6-16)12-10(17)7-3-4-8-9(5-7)14-15-13-8/h3-5,16H,6H2,1-2H3,(H,12,17)(H,13,14,15). The number of rotatable bonds is 3. The summed E-state index contributed by atoms with van der Waals surface area (Å²) in [5.74, 6) is -0.242. The van der Waals surface area contributed by atoms with Crippen molar-refractivity contribution in [1.82, 2.24) is 20.7 Å². The zero-order chi connectivity index (χ0) is 12.5. The van der Waals surface area contributed by atoms with Crippen molar-refractivity contribution in [3.05, 3.63) is 23.8 Å². The van der Waals surface area contributed by atoms with Crippen LogP contribution in [0.1, 0.15) is 24.2 Å². The first-order chi connectivity index (χ1) is 8.02. The molecule has 0 radical (unpaired) electrons. The van der Waals surface area contributed by atoms with E-state index in [1.165, 1.54) is 0 Å². The van der Waals surface area contributed by atoms with Gasteiger partial charge in [-0.3, -0.25) is 4.79 Å². The van der Waals surface area contributed by atoms with E-state index >= 15 is 0 Å². The summed E-state index contributed by atoms with van der Waals surface area (Å²) < 4.78 is 0. The van der Waals surface area contributed by atoms with Crippen molar-refractivity contribution in [2.45, 2.75) is 19.4 Å². The van der Waals surface area contributed by atoms with Gasteiger partial charge < -0.3 is 10.4 Å². The Morgan fingerprint density at radius 3 is 2.82 bits per heavy atom. The fourth-order valence-electron chi connectivity index (χ4n) is 1.40. The Morgan fingerprint density at radius 1 is 1.41 bits per heavy atom. The van der Waals surface area contributed by atoms with Crippen molar-refractivity contribution in [1.29, 1.82) is 0 Å². The molecule has 1 amide bonds. The van der Waals surface area contributed by atoms with E-state index in [9.17, 15) is 4.79 Å². The number of hydrogen-bond acceptors (Lipinski definition) is 4. The van der Waals surface area contributed by atoms with Crippen LogP contribution < -0.4 is 5.32 Å². The molecule has 0 aliphatic carbocycles. The normalized spacial score (nSPS) is 11.7. The minimum Gasteiger partial charge on any atom is -0.394 e. The van der Waals surface area contributed by atoms with Crippen LogP contribution in [0.2, 0.25) is 0 Å². The Morgan fingerprint density at radius 2 is 2.12 bits per heavy atom. The second kappa shape index (κ2) is 4.14. The van der Waals surface area contributed by atoms with Gasteiger partial charge in [0.05, 0.1) is 12.1 Å². The number of benzene rings is 1. The lowest BCUT2D eigenvalue weighted by molar-refractivity contribution is 0.0869. The molecule has 0 spiro atoms. The lowest BCUT2D eigenvalue weighted by atomic mass is 10.1. The second-order valence-corrected chi connectivity index (χ2v) is 4.52. The molecular weight excluding hydrogens is 220 g/mol. The summed E-state index contributed by atoms with van der Waals surface area (Å²) in [6.07, 6.45) is 0. The molecule has 1 aromatic carbocycles. The number of amides is 1. The molecule has 0 bridgehead atoms. The van der Waals surface area contributed by atoms with Crippen LogP contribution in [0.3, 0.4) is 0 Å². The number of fused-ring (bicyclic) bond motifs is 1. The maximum Gasteiger partial charge on any atom is 0.251 e. The second-order valence-electron chi connectivity index (χ2n) is 4.52. The average molecular weight is 234 g/mol. The quantitative estimate of drug-likeness (QED) is 0.719. The van der Waals surface area contributed by atoms with Crippen molar-refractivity contribution in [3.8, 4) is 0 Å². The number of aromatic nitrogens is 3. The van der Waals surface area contributed by atoms with E-state index in [-0.39, 0.29) is 12.5 Å². The Kier molecular flexibility index (Phi) is 2.81. The first-order valence-corrected chi connectivity index (χ1v) is 5.26. The van der Waals surface area contributed by atoms with Crippen LogP contribution in [-0.4, -0.2) is 38.6 Å². The molecule has 1 heterocycles. The highest BCUT2D eigenvalue weighted by molar-refractivity contribution is 5.97. The Balaban J connectivity index is 2.24. The summed E-state index contributed by atoms with van der Waals surface area (Å²) in [5, 5.41) is 22.1. The van der Waals surface area contributed by atoms with Crippen LogP contribution in [0, 0.1) is 0 Å². The fourth-order valence-corrected chi connectivity index (χ4v) is 1.40. The molecule has 0 aliphatic rings. The predicted molar refractivity (Wildman–Crippen MR) is 62.5 cm³/mol. The highest BCUT2D eigenvalue weighted by Gasteiger charge is 2.20. The van der Waals surface area contributed by atoms with Gasteiger partial charge in [-0.05, 0) is 32.0 Å². The summed E-state index contributed by atoms with van der Waals surface area (Å²) in [7, 11) is 0. The number of aromatic amines is 1. The van der Waals surface area contributed by atoms with Crippen molar-refractivity contribution >= 4 is 16.9 Å². The molecule has 2 aromatic rings. The minimum absolute atomic E-state index is 0.120. The maximum atomic E-state index is 11.9. The van der Waals surface area contributed by atoms with Crippen LogP contribution >= 0.6 is 0 Å². The van der Waals surface area contributed by atoms with Crippen molar-refractivity contribution < 1.29 is 9.90 Å². The third-order valence-corrected chi connectivity index (χ3v) is 2.43. The summed E-state index contributed by atoms with van der Waals surface area (Å²) >= 11 is 0. The zero-order valence-corrected chi connectivity index (χ0v) is 9.69. The predicted octanol–water partition coefficient (Wildman–Crippen LogP) is 0.459. The maximum absolute atomic E-state index is 11.9. The summed E-state index contributed by atoms with van der Waals surface area (Å²) in [5.41, 5.74) is 1.20. The van der Waals surface area contributed by atoms with Crippen LogP contribution in [0.4, 0.5) is 0 Å². The fraction of sp³-hybridized carbons (Fsp3) is 0.364. The number of H-pyrrole nitrogens is 1. The van der Waals surface area contributed by atoms with Crippen LogP contribution in [0.5, 0.6) is 0 Å². The molecule has 0 fully saturated rings. The molecule has 0 saturated heterocycles. The van der Waals surface area contributed by atoms with Gasteiger partial charge in [0, 0.05) is 5.56 Å². The molecule has 0 atom stereocenters. The molecule has 0 saturated carbocycles. The lowest BCUT2D eigenvalue weighted by Gasteiger charge is -2.23. The van der Waals surface area contributed by atoms with E-state index in [1.54, 1.807) is 32.0 Å². The highest BCUT2D eigenvalue weighted by Crippen LogP contribution is 2.11. The SMILES string of the molecule is CC(C)(CO)NC(=O)c1ccc2n[nH]nc2c1. The van der Waals surface area contributed by atoms with E-state index in [2.05, 4.69) is 20.7 Å². The molecule has 6 heteroatoms. The average Bonchev–Trinajstić information content (AvgIpc) is 2.75. The number of aliphatic hydroxyl groups excluding tert-OH is 1. The monoisotopic (exact) mass is 234 g/mol. The molecule has 0 aliphatic heterocycles. The molecule has 2 rings (SSSR count). The van der Waals surface area contributed by atoms with Crippen LogP contribution in [0.15, 0.2) is 18.2 Å². The van der Waals surface area contributed by atoms with E-state index in [4.69, 9.17) is 5.11 Å². The topological polar surface area (TPSA) is 90.9 Å². The van der Waals surface area contributed by atoms with E-state index in [0.29, 0.717) is 16.6 Å². The largest absolute Gasteiger partial charge is 0.394 e. The van der Waals surface area contributed by atoms with Gasteiger partial charge in [0.15, 0.2) is 0 Å². The van der Waals surface area contributed by atoms with E-state index in [1.807, 2.05) is 0 Å². The van der Waals surface area contributed by atoms with Crippen molar-refractivity contribution in [3.63, 3.8) is 0 Å². The molecule has 90 valence electrons. The van der Waals surface area contributed by atoms with E-state index < -0.39 is 5.54 Å². The van der Waals surface area contributed by atoms with Gasteiger partial charge in [-0.15, -0.1) is 0 Å². The van der Waals surface area contributed by atoms with Gasteiger partial charge in [0.25, 0.3) is 5.91 Å². The highest BCUT2D eigenvalue weighted by atomic mass is 16.3. The summed E-state index contributed by atoms with van der Waals surface area (Å²) in [4.78, 5) is 11.9. The molecule has 17 heavy (non-hydrogen) atoms. The van der Waals surface area contributed by atoms with Gasteiger partial charge in [-0.2, -0.15) is 15.4 Å². The number of nitrogens with zero attached hydrogens (tertiary/aromatic N) is 2. The number of nitrogens with one attached hydrogen (secondary N) is 2. The number of carbonyl (C=O) groups excluding carboxylic acids is 1. The Labute approximate surface area is 98.0 Å². The molecule has 3 N–H and O–H groups in total. The number of hydrogen-bond donors (Lipinski definition) is 3. The smallest absolute Gasteiger partial charge is 0.251 e.